The molecule has 0 saturated heterocycles. The highest BCUT2D eigenvalue weighted by molar-refractivity contribution is 7.08. The van der Waals surface area contributed by atoms with E-state index in [2.05, 4.69) is 17.4 Å². The van der Waals surface area contributed by atoms with Gasteiger partial charge in [0.15, 0.2) is 0 Å². The summed E-state index contributed by atoms with van der Waals surface area (Å²) < 4.78 is 1.94. The van der Waals surface area contributed by atoms with Crippen LogP contribution in [0.1, 0.15) is 19.8 Å². The van der Waals surface area contributed by atoms with Crippen LogP contribution in [0.3, 0.4) is 0 Å². The van der Waals surface area contributed by atoms with Crippen molar-refractivity contribution in [1.29, 1.82) is 0 Å². The minimum atomic E-state index is 0.768. The molecule has 0 aliphatic rings. The van der Waals surface area contributed by atoms with Crippen molar-refractivity contribution < 1.29 is 0 Å². The predicted octanol–water partition coefficient (Wildman–Crippen LogP) is 2.99. The highest BCUT2D eigenvalue weighted by Gasteiger charge is 2.08. The molecule has 4 heteroatoms. The maximum atomic E-state index is 5.93. The van der Waals surface area contributed by atoms with Gasteiger partial charge in [0.05, 0.1) is 5.69 Å². The van der Waals surface area contributed by atoms with E-state index in [1.54, 1.807) is 11.3 Å². The molecule has 0 spiro atoms. The van der Waals surface area contributed by atoms with Crippen molar-refractivity contribution in [1.82, 2.24) is 9.78 Å². The van der Waals surface area contributed by atoms with E-state index in [1.807, 2.05) is 22.3 Å². The Morgan fingerprint density at radius 2 is 2.40 bits per heavy atom. The van der Waals surface area contributed by atoms with E-state index in [9.17, 15) is 0 Å². The maximum Gasteiger partial charge on any atom is 0.116 e. The van der Waals surface area contributed by atoms with Crippen molar-refractivity contribution in [2.75, 3.05) is 5.73 Å². The van der Waals surface area contributed by atoms with Gasteiger partial charge in [-0.2, -0.15) is 16.4 Å². The number of anilines is 1. The summed E-state index contributed by atoms with van der Waals surface area (Å²) in [4.78, 5) is 0. The Hall–Kier alpha value is -1.29. The number of hydrogen-bond donors (Lipinski definition) is 1. The van der Waals surface area contributed by atoms with Gasteiger partial charge >= 0.3 is 0 Å². The second-order valence-corrected chi connectivity index (χ2v) is 4.34. The summed E-state index contributed by atoms with van der Waals surface area (Å²) >= 11 is 1.67. The van der Waals surface area contributed by atoms with Crippen molar-refractivity contribution in [3.05, 3.63) is 23.0 Å². The summed E-state index contributed by atoms with van der Waals surface area (Å²) in [7, 11) is 0. The van der Waals surface area contributed by atoms with E-state index in [0.29, 0.717) is 0 Å². The van der Waals surface area contributed by atoms with Crippen molar-refractivity contribution in [3.8, 4) is 11.3 Å². The van der Waals surface area contributed by atoms with E-state index in [4.69, 9.17) is 5.73 Å². The van der Waals surface area contributed by atoms with Gasteiger partial charge in [-0.05, 0) is 17.9 Å². The molecule has 2 heterocycles. The van der Waals surface area contributed by atoms with Gasteiger partial charge < -0.3 is 5.73 Å². The fraction of sp³-hybridized carbons (Fsp3) is 0.364. The Bertz CT molecular complexity index is 417. The van der Waals surface area contributed by atoms with Crippen LogP contribution < -0.4 is 5.73 Å². The molecule has 3 nitrogen and oxygen atoms in total. The summed E-state index contributed by atoms with van der Waals surface area (Å²) in [5, 5.41) is 8.60. The van der Waals surface area contributed by atoms with E-state index in [0.717, 1.165) is 29.9 Å². The SMILES string of the molecule is CCCCn1cc(N)c(-c2ccsc2)n1. The zero-order chi connectivity index (χ0) is 10.7. The first-order valence-corrected chi connectivity index (χ1v) is 6.11. The van der Waals surface area contributed by atoms with Crippen molar-refractivity contribution in [2.45, 2.75) is 26.3 Å². The van der Waals surface area contributed by atoms with Crippen LogP contribution >= 0.6 is 11.3 Å². The van der Waals surface area contributed by atoms with Crippen LogP contribution in [0.2, 0.25) is 0 Å². The zero-order valence-electron chi connectivity index (χ0n) is 8.81. The van der Waals surface area contributed by atoms with Gasteiger partial charge in [0.1, 0.15) is 5.69 Å². The number of nitrogens with two attached hydrogens (primary N) is 1. The Kier molecular flexibility index (Phi) is 3.06. The molecule has 0 bridgehead atoms. The summed E-state index contributed by atoms with van der Waals surface area (Å²) in [5.74, 6) is 0. The van der Waals surface area contributed by atoms with Crippen LogP contribution in [0.15, 0.2) is 23.0 Å². The highest BCUT2D eigenvalue weighted by atomic mass is 32.1. The summed E-state index contributed by atoms with van der Waals surface area (Å²) in [6.07, 6.45) is 4.24. The second-order valence-electron chi connectivity index (χ2n) is 3.56. The predicted molar refractivity (Wildman–Crippen MR) is 64.9 cm³/mol. The Morgan fingerprint density at radius 3 is 3.07 bits per heavy atom. The lowest BCUT2D eigenvalue weighted by atomic mass is 10.2. The molecule has 2 N–H and O–H groups in total. The van der Waals surface area contributed by atoms with Crippen LogP contribution in [0.4, 0.5) is 5.69 Å². The molecular weight excluding hydrogens is 206 g/mol. The van der Waals surface area contributed by atoms with Gasteiger partial charge in [0.25, 0.3) is 0 Å². The number of nitrogen functional groups attached to an aromatic ring is 1. The van der Waals surface area contributed by atoms with E-state index in [-0.39, 0.29) is 0 Å². The lowest BCUT2D eigenvalue weighted by Crippen LogP contribution is -1.97. The standard InChI is InChI=1S/C11H15N3S/c1-2-3-5-14-7-10(12)11(13-14)9-4-6-15-8-9/h4,6-8H,2-3,5,12H2,1H3. The molecule has 2 aromatic rings. The smallest absolute Gasteiger partial charge is 0.116 e. The average molecular weight is 221 g/mol. The molecule has 0 amide bonds. The van der Waals surface area contributed by atoms with Gasteiger partial charge in [-0.25, -0.2) is 0 Å². The van der Waals surface area contributed by atoms with Crippen molar-refractivity contribution in [2.24, 2.45) is 0 Å². The molecule has 0 atom stereocenters. The molecule has 0 fully saturated rings. The average Bonchev–Trinajstić information content (AvgIpc) is 2.83. The lowest BCUT2D eigenvalue weighted by Gasteiger charge is -1.97. The number of aryl methyl sites for hydroxylation is 1. The number of thiophene rings is 1. The van der Waals surface area contributed by atoms with Gasteiger partial charge in [-0.3, -0.25) is 4.68 Å². The molecule has 0 saturated carbocycles. The summed E-state index contributed by atoms with van der Waals surface area (Å²) in [6.45, 7) is 3.12. The van der Waals surface area contributed by atoms with Crippen LogP contribution in [0.5, 0.6) is 0 Å². The number of aromatic nitrogens is 2. The Balaban J connectivity index is 2.22. The first kappa shape index (κ1) is 10.2. The van der Waals surface area contributed by atoms with E-state index < -0.39 is 0 Å². The Labute approximate surface area is 93.5 Å². The molecular formula is C11H15N3S. The molecule has 0 radical (unpaired) electrons. The van der Waals surface area contributed by atoms with Crippen molar-refractivity contribution in [3.63, 3.8) is 0 Å². The fourth-order valence-electron chi connectivity index (χ4n) is 1.50. The summed E-state index contributed by atoms with van der Waals surface area (Å²) in [5.41, 5.74) is 8.72. The number of nitrogens with zero attached hydrogens (tertiary/aromatic N) is 2. The summed E-state index contributed by atoms with van der Waals surface area (Å²) in [6, 6.07) is 2.05. The highest BCUT2D eigenvalue weighted by Crippen LogP contribution is 2.25. The molecule has 0 unspecified atom stereocenters. The molecule has 15 heavy (non-hydrogen) atoms. The van der Waals surface area contributed by atoms with Gasteiger partial charge in [-0.15, -0.1) is 0 Å². The molecule has 2 aromatic heterocycles. The maximum absolute atomic E-state index is 5.93. The first-order chi connectivity index (χ1) is 7.31. The largest absolute Gasteiger partial charge is 0.396 e. The van der Waals surface area contributed by atoms with Crippen LogP contribution in [0.25, 0.3) is 11.3 Å². The number of hydrogen-bond acceptors (Lipinski definition) is 3. The quantitative estimate of drug-likeness (QED) is 0.862. The van der Waals surface area contributed by atoms with Gasteiger partial charge in [0.2, 0.25) is 0 Å². The van der Waals surface area contributed by atoms with Gasteiger partial charge in [-0.1, -0.05) is 13.3 Å². The normalized spacial score (nSPS) is 10.7. The molecule has 0 aliphatic heterocycles. The van der Waals surface area contributed by atoms with E-state index in [1.165, 1.54) is 6.42 Å². The minimum absolute atomic E-state index is 0.768. The second kappa shape index (κ2) is 4.49. The molecule has 0 aliphatic carbocycles. The van der Waals surface area contributed by atoms with Crippen LogP contribution in [-0.4, -0.2) is 9.78 Å². The first-order valence-electron chi connectivity index (χ1n) is 5.16. The fourth-order valence-corrected chi connectivity index (χ4v) is 2.14. The topological polar surface area (TPSA) is 43.8 Å². The van der Waals surface area contributed by atoms with Gasteiger partial charge in [0, 0.05) is 23.7 Å². The molecule has 0 aromatic carbocycles. The number of rotatable bonds is 4. The lowest BCUT2D eigenvalue weighted by molar-refractivity contribution is 0.573. The van der Waals surface area contributed by atoms with E-state index >= 15 is 0 Å². The van der Waals surface area contributed by atoms with Crippen molar-refractivity contribution >= 4 is 17.0 Å². The van der Waals surface area contributed by atoms with Crippen LogP contribution in [-0.2, 0) is 6.54 Å². The molecule has 80 valence electrons. The van der Waals surface area contributed by atoms with Crippen LogP contribution in [0, 0.1) is 0 Å². The number of unbranched alkanes of at least 4 members (excludes halogenated alkanes) is 1. The Morgan fingerprint density at radius 1 is 1.53 bits per heavy atom. The third-order valence-corrected chi connectivity index (χ3v) is 3.01. The molecule has 2 rings (SSSR count). The third kappa shape index (κ3) is 2.21. The monoisotopic (exact) mass is 221 g/mol. The minimum Gasteiger partial charge on any atom is -0.396 e. The third-order valence-electron chi connectivity index (χ3n) is 2.33. The zero-order valence-corrected chi connectivity index (χ0v) is 9.63.